The van der Waals surface area contributed by atoms with Gasteiger partial charge in [0, 0.05) is 25.4 Å². The van der Waals surface area contributed by atoms with Crippen LogP contribution in [0.3, 0.4) is 0 Å². The van der Waals surface area contributed by atoms with Gasteiger partial charge in [-0.2, -0.15) is 0 Å². The maximum Gasteiger partial charge on any atom is 0.407 e. The molecule has 3 aliphatic rings. The standard InChI is InChI=1S/C25H36N6O7/c1-4-16-11-25(16,23(34)35)27-21(32)19-10-18-13-31(19)22(33)20(15(2)3)26-24(36)37-9-7-5-6-8-30-12-17(14-38-18)28-29-30/h4,12,15-16,18-20H,1,5-11,13-14H2,2-3H3,(H,26,36)(H,27,32)(H,34,35)/t16-,18+,19-,20-,25-/m0/s1. The van der Waals surface area contributed by atoms with Gasteiger partial charge in [0.25, 0.3) is 0 Å². The van der Waals surface area contributed by atoms with Gasteiger partial charge in [0.2, 0.25) is 11.8 Å². The smallest absolute Gasteiger partial charge is 0.407 e. The van der Waals surface area contributed by atoms with Crippen molar-refractivity contribution in [2.75, 3.05) is 13.2 Å². The number of carbonyl (C=O) groups excluding carboxylic acids is 3. The number of ether oxygens (including phenoxy) is 2. The number of nitrogens with zero attached hydrogens (tertiary/aromatic N) is 4. The van der Waals surface area contributed by atoms with Crippen LogP contribution in [0.4, 0.5) is 4.79 Å². The molecule has 3 amide bonds. The molecule has 13 nitrogen and oxygen atoms in total. The summed E-state index contributed by atoms with van der Waals surface area (Å²) in [7, 11) is 0. The van der Waals surface area contributed by atoms with Crippen LogP contribution in [0.1, 0.15) is 51.6 Å². The number of carboxylic acids is 1. The number of carbonyl (C=O) groups is 4. The molecule has 2 aliphatic heterocycles. The molecule has 0 unspecified atom stereocenters. The average molecular weight is 533 g/mol. The predicted octanol–water partition coefficient (Wildman–Crippen LogP) is 0.844. The zero-order valence-electron chi connectivity index (χ0n) is 21.8. The van der Waals surface area contributed by atoms with Crippen molar-refractivity contribution in [3.8, 4) is 0 Å². The molecular formula is C25H36N6O7. The normalized spacial score (nSPS) is 30.6. The number of nitrogens with one attached hydrogen (secondary N) is 2. The number of hydrogen-bond donors (Lipinski definition) is 3. The minimum Gasteiger partial charge on any atom is -0.479 e. The first-order valence-corrected chi connectivity index (χ1v) is 13.1. The van der Waals surface area contributed by atoms with Crippen LogP contribution >= 0.6 is 0 Å². The van der Waals surface area contributed by atoms with Crippen LogP contribution in [-0.4, -0.2) is 85.8 Å². The molecule has 5 atom stereocenters. The summed E-state index contributed by atoms with van der Waals surface area (Å²) in [5.74, 6) is -2.89. The highest BCUT2D eigenvalue weighted by atomic mass is 16.5. The van der Waals surface area contributed by atoms with Crippen LogP contribution in [0.15, 0.2) is 18.9 Å². The van der Waals surface area contributed by atoms with E-state index in [9.17, 15) is 24.3 Å². The number of aromatic nitrogens is 3. The molecule has 0 aromatic carbocycles. The van der Waals surface area contributed by atoms with Crippen molar-refractivity contribution in [3.05, 3.63) is 24.5 Å². The lowest BCUT2D eigenvalue weighted by molar-refractivity contribution is -0.145. The summed E-state index contributed by atoms with van der Waals surface area (Å²) in [5.41, 5.74) is -0.805. The second-order valence-electron chi connectivity index (χ2n) is 10.5. The molecule has 3 N–H and O–H groups in total. The molecule has 1 saturated heterocycles. The van der Waals surface area contributed by atoms with E-state index in [0.29, 0.717) is 18.7 Å². The third-order valence-electron chi connectivity index (χ3n) is 7.40. The summed E-state index contributed by atoms with van der Waals surface area (Å²) in [6.45, 7) is 8.34. The number of aryl methyl sites for hydroxylation is 1. The molecule has 208 valence electrons. The van der Waals surface area contributed by atoms with E-state index in [0.717, 1.165) is 12.8 Å². The Kier molecular flexibility index (Phi) is 8.34. The molecule has 4 rings (SSSR count). The lowest BCUT2D eigenvalue weighted by atomic mass is 10.0. The van der Waals surface area contributed by atoms with Gasteiger partial charge < -0.3 is 30.1 Å². The summed E-state index contributed by atoms with van der Waals surface area (Å²) in [5, 5.41) is 23.3. The van der Waals surface area contributed by atoms with E-state index in [1.54, 1.807) is 24.7 Å². The zero-order chi connectivity index (χ0) is 27.4. The molecule has 0 spiro atoms. The van der Waals surface area contributed by atoms with Crippen molar-refractivity contribution >= 4 is 23.9 Å². The van der Waals surface area contributed by atoms with Crippen molar-refractivity contribution in [1.82, 2.24) is 30.5 Å². The average Bonchev–Trinajstić information content (AvgIpc) is 3.19. The van der Waals surface area contributed by atoms with E-state index in [4.69, 9.17) is 9.47 Å². The zero-order valence-corrected chi connectivity index (χ0v) is 21.8. The van der Waals surface area contributed by atoms with Crippen molar-refractivity contribution in [2.24, 2.45) is 11.8 Å². The molecule has 3 heterocycles. The third kappa shape index (κ3) is 5.98. The van der Waals surface area contributed by atoms with Crippen LogP contribution in [0, 0.1) is 11.8 Å². The van der Waals surface area contributed by atoms with Gasteiger partial charge in [-0.1, -0.05) is 25.1 Å². The van der Waals surface area contributed by atoms with Crippen LogP contribution in [-0.2, 0) is 37.0 Å². The highest BCUT2D eigenvalue weighted by Crippen LogP contribution is 2.45. The Morgan fingerprint density at radius 2 is 2.11 bits per heavy atom. The molecule has 38 heavy (non-hydrogen) atoms. The SMILES string of the molecule is C=C[C@H]1C[C@@]1(NC(=O)[C@@H]1C[C@@H]2CN1C(=O)[C@H](C(C)C)NC(=O)OCCCCCn1cc(nn1)CO2)C(=O)O. The van der Waals surface area contributed by atoms with Crippen molar-refractivity contribution in [1.29, 1.82) is 0 Å². The summed E-state index contributed by atoms with van der Waals surface area (Å²) in [6, 6.07) is -1.92. The number of cyclic esters (lactones) is 1. The Balaban J connectivity index is 1.56. The van der Waals surface area contributed by atoms with Crippen LogP contribution < -0.4 is 10.6 Å². The molecule has 1 aromatic rings. The van der Waals surface area contributed by atoms with Gasteiger partial charge in [0.05, 0.1) is 25.5 Å². The van der Waals surface area contributed by atoms with Crippen LogP contribution in [0.5, 0.6) is 0 Å². The van der Waals surface area contributed by atoms with Gasteiger partial charge in [-0.25, -0.2) is 9.59 Å². The minimum absolute atomic E-state index is 0.0932. The number of alkyl carbamates (subject to hydrolysis) is 1. The Labute approximate surface area is 220 Å². The lowest BCUT2D eigenvalue weighted by Gasteiger charge is -2.30. The Morgan fingerprint density at radius 3 is 2.79 bits per heavy atom. The number of rotatable bonds is 5. The van der Waals surface area contributed by atoms with E-state index < -0.39 is 53.5 Å². The second-order valence-corrected chi connectivity index (χ2v) is 10.5. The molecule has 1 aromatic heterocycles. The number of carboxylic acid groups (broad SMARTS) is 1. The summed E-state index contributed by atoms with van der Waals surface area (Å²) < 4.78 is 13.0. The quantitative estimate of drug-likeness (QED) is 0.466. The first kappa shape index (κ1) is 27.6. The van der Waals surface area contributed by atoms with Gasteiger partial charge in [-0.3, -0.25) is 14.3 Å². The summed E-state index contributed by atoms with van der Waals surface area (Å²) in [6.07, 6.45) is 4.80. The number of hydrogen-bond acceptors (Lipinski definition) is 8. The Hall–Kier alpha value is -3.48. The van der Waals surface area contributed by atoms with Gasteiger partial charge >= 0.3 is 12.1 Å². The van der Waals surface area contributed by atoms with Crippen molar-refractivity contribution in [2.45, 2.75) is 82.8 Å². The largest absolute Gasteiger partial charge is 0.479 e. The fourth-order valence-corrected chi connectivity index (χ4v) is 5.02. The van der Waals surface area contributed by atoms with E-state index in [1.807, 2.05) is 0 Å². The molecule has 1 saturated carbocycles. The number of amides is 3. The Bertz CT molecular complexity index is 1070. The van der Waals surface area contributed by atoms with E-state index >= 15 is 0 Å². The minimum atomic E-state index is -1.43. The van der Waals surface area contributed by atoms with E-state index in [1.165, 1.54) is 11.0 Å². The number of aliphatic carboxylic acids is 1. The monoisotopic (exact) mass is 532 g/mol. The molecule has 2 fully saturated rings. The molecule has 4 bridgehead atoms. The molecule has 1 aliphatic carbocycles. The maximum absolute atomic E-state index is 13.7. The van der Waals surface area contributed by atoms with E-state index in [-0.39, 0.29) is 38.5 Å². The maximum atomic E-state index is 13.7. The summed E-state index contributed by atoms with van der Waals surface area (Å²) in [4.78, 5) is 52.9. The van der Waals surface area contributed by atoms with Gasteiger partial charge in [0.15, 0.2) is 0 Å². The van der Waals surface area contributed by atoms with Crippen molar-refractivity contribution in [3.63, 3.8) is 0 Å². The van der Waals surface area contributed by atoms with Crippen LogP contribution in [0.25, 0.3) is 0 Å². The van der Waals surface area contributed by atoms with Gasteiger partial charge in [0.1, 0.15) is 23.3 Å². The fraction of sp³-hybridized carbons (Fsp3) is 0.680. The first-order chi connectivity index (χ1) is 18.1. The van der Waals surface area contributed by atoms with Gasteiger partial charge in [-0.05, 0) is 31.6 Å². The molecule has 13 heteroatoms. The van der Waals surface area contributed by atoms with E-state index in [2.05, 4.69) is 27.5 Å². The molecular weight excluding hydrogens is 496 g/mol. The third-order valence-corrected chi connectivity index (χ3v) is 7.40. The first-order valence-electron chi connectivity index (χ1n) is 13.1. The lowest BCUT2D eigenvalue weighted by Crippen LogP contribution is -2.57. The van der Waals surface area contributed by atoms with Crippen LogP contribution in [0.2, 0.25) is 0 Å². The highest BCUT2D eigenvalue weighted by molar-refractivity contribution is 5.96. The topological polar surface area (TPSA) is 165 Å². The number of fused-ring (bicyclic) bond motifs is 4. The van der Waals surface area contributed by atoms with Crippen molar-refractivity contribution < 1.29 is 33.8 Å². The fourth-order valence-electron chi connectivity index (χ4n) is 5.02. The summed E-state index contributed by atoms with van der Waals surface area (Å²) >= 11 is 0. The van der Waals surface area contributed by atoms with Gasteiger partial charge in [-0.15, -0.1) is 11.7 Å². The predicted molar refractivity (Wildman–Crippen MR) is 132 cm³/mol. The second kappa shape index (κ2) is 11.5. The molecule has 0 radical (unpaired) electrons. The Morgan fingerprint density at radius 1 is 1.32 bits per heavy atom. The highest BCUT2D eigenvalue weighted by Gasteiger charge is 2.61.